The number of hydrogen-bond donors (Lipinski definition) is 0. The van der Waals surface area contributed by atoms with Crippen LogP contribution in [0.1, 0.15) is 18.4 Å². The summed E-state index contributed by atoms with van der Waals surface area (Å²) >= 11 is 0. The Morgan fingerprint density at radius 2 is 2.00 bits per heavy atom. The molecule has 15 heavy (non-hydrogen) atoms. The fourth-order valence-corrected chi connectivity index (χ4v) is 1.64. The van der Waals surface area contributed by atoms with Gasteiger partial charge in [-0.05, 0) is 5.56 Å². The Bertz CT molecular complexity index is 330. The minimum atomic E-state index is -0.205. The Kier molecular flexibility index (Phi) is 4.10. The van der Waals surface area contributed by atoms with Crippen molar-refractivity contribution < 1.29 is 9.53 Å². The van der Waals surface area contributed by atoms with E-state index in [-0.39, 0.29) is 17.8 Å². The molecule has 0 saturated heterocycles. The third-order valence-corrected chi connectivity index (χ3v) is 2.55. The molecule has 80 valence electrons. The van der Waals surface area contributed by atoms with Gasteiger partial charge in [0.05, 0.1) is 13.0 Å². The summed E-state index contributed by atoms with van der Waals surface area (Å²) in [7, 11) is 1.41. The van der Waals surface area contributed by atoms with Gasteiger partial charge >= 0.3 is 5.97 Å². The highest BCUT2D eigenvalue weighted by molar-refractivity contribution is 5.73. The molecule has 0 spiro atoms. The largest absolute Gasteiger partial charge is 0.469 e. The average molecular weight is 204 g/mol. The van der Waals surface area contributed by atoms with Gasteiger partial charge in [0.1, 0.15) is 0 Å². The highest BCUT2D eigenvalue weighted by Crippen LogP contribution is 2.26. The number of ether oxygens (including phenoxy) is 1. The summed E-state index contributed by atoms with van der Waals surface area (Å²) in [5.41, 5.74) is 1.09. The van der Waals surface area contributed by atoms with Crippen LogP contribution in [0.4, 0.5) is 0 Å². The zero-order valence-corrected chi connectivity index (χ0v) is 9.14. The number of carbonyl (C=O) groups is 1. The molecule has 2 nitrogen and oxygen atoms in total. The predicted molar refractivity (Wildman–Crippen MR) is 60.6 cm³/mol. The normalized spacial score (nSPS) is 14.0. The molecule has 0 saturated carbocycles. The molecular formula is C13H16O2. The van der Waals surface area contributed by atoms with Crippen molar-refractivity contribution in [2.24, 2.45) is 5.92 Å². The summed E-state index contributed by atoms with van der Waals surface area (Å²) in [6.07, 6.45) is 1.79. The first-order valence-electron chi connectivity index (χ1n) is 4.96. The van der Waals surface area contributed by atoms with E-state index in [0.29, 0.717) is 0 Å². The number of allylic oxidation sites excluding steroid dienone is 1. The van der Waals surface area contributed by atoms with Crippen LogP contribution >= 0.6 is 0 Å². The second-order valence-corrected chi connectivity index (χ2v) is 3.48. The topological polar surface area (TPSA) is 26.3 Å². The van der Waals surface area contributed by atoms with Gasteiger partial charge in [-0.25, -0.2) is 0 Å². The molecule has 0 aromatic heterocycles. The van der Waals surface area contributed by atoms with Crippen LogP contribution in [-0.2, 0) is 9.53 Å². The number of hydrogen-bond acceptors (Lipinski definition) is 2. The minimum absolute atomic E-state index is 0.0126. The number of carbonyl (C=O) groups excluding carboxylic acids is 1. The van der Waals surface area contributed by atoms with E-state index >= 15 is 0 Å². The Balaban J connectivity index is 2.89. The van der Waals surface area contributed by atoms with Crippen molar-refractivity contribution in [3.8, 4) is 0 Å². The summed E-state index contributed by atoms with van der Waals surface area (Å²) in [6.45, 7) is 5.62. The molecule has 0 bridgehead atoms. The van der Waals surface area contributed by atoms with Crippen molar-refractivity contribution in [3.05, 3.63) is 48.6 Å². The quantitative estimate of drug-likeness (QED) is 0.557. The Morgan fingerprint density at radius 3 is 2.47 bits per heavy atom. The molecule has 1 aromatic carbocycles. The molecule has 0 fully saturated rings. The van der Waals surface area contributed by atoms with E-state index in [9.17, 15) is 4.79 Å². The first kappa shape index (κ1) is 11.5. The molecule has 2 heteroatoms. The van der Waals surface area contributed by atoms with Gasteiger partial charge in [0, 0.05) is 5.92 Å². The van der Waals surface area contributed by atoms with Crippen molar-refractivity contribution in [1.29, 1.82) is 0 Å². The maximum atomic E-state index is 11.4. The number of esters is 1. The molecule has 2 unspecified atom stereocenters. The Morgan fingerprint density at radius 1 is 1.40 bits per heavy atom. The van der Waals surface area contributed by atoms with Crippen LogP contribution in [0.15, 0.2) is 43.0 Å². The lowest BCUT2D eigenvalue weighted by Crippen LogP contribution is -2.19. The first-order chi connectivity index (χ1) is 7.20. The predicted octanol–water partition coefficient (Wildman–Crippen LogP) is 2.77. The van der Waals surface area contributed by atoms with Gasteiger partial charge in [0.15, 0.2) is 0 Å². The number of benzene rings is 1. The highest BCUT2D eigenvalue weighted by atomic mass is 16.5. The average Bonchev–Trinajstić information content (AvgIpc) is 2.30. The molecule has 0 N–H and O–H groups in total. The molecular weight excluding hydrogens is 188 g/mol. The first-order valence-corrected chi connectivity index (χ1v) is 4.96. The van der Waals surface area contributed by atoms with Gasteiger partial charge in [0.25, 0.3) is 0 Å². The van der Waals surface area contributed by atoms with E-state index in [4.69, 9.17) is 4.74 Å². The molecule has 2 atom stereocenters. The van der Waals surface area contributed by atoms with E-state index in [2.05, 4.69) is 6.58 Å². The van der Waals surface area contributed by atoms with Gasteiger partial charge in [0.2, 0.25) is 0 Å². The van der Waals surface area contributed by atoms with Crippen molar-refractivity contribution >= 4 is 5.97 Å². The lowest BCUT2D eigenvalue weighted by molar-refractivity contribution is -0.145. The van der Waals surface area contributed by atoms with Crippen LogP contribution < -0.4 is 0 Å². The third-order valence-electron chi connectivity index (χ3n) is 2.55. The van der Waals surface area contributed by atoms with Crippen molar-refractivity contribution in [1.82, 2.24) is 0 Å². The summed E-state index contributed by atoms with van der Waals surface area (Å²) in [5.74, 6) is -0.391. The van der Waals surface area contributed by atoms with Crippen LogP contribution in [0.2, 0.25) is 0 Å². The van der Waals surface area contributed by atoms with Gasteiger partial charge < -0.3 is 4.74 Å². The maximum Gasteiger partial charge on any atom is 0.309 e. The molecule has 1 aromatic rings. The molecule has 0 aliphatic heterocycles. The lowest BCUT2D eigenvalue weighted by Gasteiger charge is -2.18. The van der Waals surface area contributed by atoms with E-state index in [1.165, 1.54) is 7.11 Å². The zero-order valence-electron chi connectivity index (χ0n) is 9.14. The molecule has 0 amide bonds. The maximum absolute atomic E-state index is 11.4. The fourth-order valence-electron chi connectivity index (χ4n) is 1.64. The van der Waals surface area contributed by atoms with Crippen LogP contribution in [0, 0.1) is 5.92 Å². The van der Waals surface area contributed by atoms with Crippen LogP contribution in [0.3, 0.4) is 0 Å². The van der Waals surface area contributed by atoms with Crippen molar-refractivity contribution in [2.45, 2.75) is 12.8 Å². The van der Waals surface area contributed by atoms with Gasteiger partial charge in [-0.3, -0.25) is 4.79 Å². The van der Waals surface area contributed by atoms with Crippen LogP contribution in [0.25, 0.3) is 0 Å². The summed E-state index contributed by atoms with van der Waals surface area (Å²) in [4.78, 5) is 11.4. The van der Waals surface area contributed by atoms with Crippen LogP contribution in [-0.4, -0.2) is 13.1 Å². The fraction of sp³-hybridized carbons (Fsp3) is 0.308. The molecule has 1 rings (SSSR count). The zero-order chi connectivity index (χ0) is 11.3. The van der Waals surface area contributed by atoms with E-state index in [1.807, 2.05) is 37.3 Å². The SMILES string of the molecule is C=CC(c1ccccc1)C(C)C(=O)OC. The highest BCUT2D eigenvalue weighted by Gasteiger charge is 2.23. The number of rotatable bonds is 4. The van der Waals surface area contributed by atoms with Crippen molar-refractivity contribution in [3.63, 3.8) is 0 Å². The van der Waals surface area contributed by atoms with E-state index in [0.717, 1.165) is 5.56 Å². The second-order valence-electron chi connectivity index (χ2n) is 3.48. The molecule has 0 aliphatic rings. The summed E-state index contributed by atoms with van der Waals surface area (Å²) < 4.78 is 4.73. The smallest absolute Gasteiger partial charge is 0.309 e. The van der Waals surface area contributed by atoms with Gasteiger partial charge in [-0.15, -0.1) is 6.58 Å². The lowest BCUT2D eigenvalue weighted by atomic mass is 9.87. The Labute approximate surface area is 90.6 Å². The van der Waals surface area contributed by atoms with Crippen LogP contribution in [0.5, 0.6) is 0 Å². The van der Waals surface area contributed by atoms with Crippen molar-refractivity contribution in [2.75, 3.05) is 7.11 Å². The second kappa shape index (κ2) is 5.35. The van der Waals surface area contributed by atoms with E-state index < -0.39 is 0 Å². The minimum Gasteiger partial charge on any atom is -0.469 e. The summed E-state index contributed by atoms with van der Waals surface area (Å²) in [6, 6.07) is 9.84. The number of methoxy groups -OCH3 is 1. The standard InChI is InChI=1S/C13H16O2/c1-4-12(10(2)13(14)15-3)11-8-6-5-7-9-11/h4-10,12H,1H2,2-3H3. The van der Waals surface area contributed by atoms with E-state index in [1.54, 1.807) is 6.08 Å². The molecule has 0 radical (unpaired) electrons. The Hall–Kier alpha value is -1.57. The van der Waals surface area contributed by atoms with Gasteiger partial charge in [-0.1, -0.05) is 43.3 Å². The molecule has 0 aliphatic carbocycles. The van der Waals surface area contributed by atoms with Gasteiger partial charge in [-0.2, -0.15) is 0 Å². The third kappa shape index (κ3) is 2.69. The molecule has 0 heterocycles. The summed E-state index contributed by atoms with van der Waals surface area (Å²) in [5, 5.41) is 0. The monoisotopic (exact) mass is 204 g/mol.